The van der Waals surface area contributed by atoms with E-state index in [9.17, 15) is 13.6 Å². The van der Waals surface area contributed by atoms with Crippen LogP contribution in [0, 0.1) is 23.0 Å². The zero-order valence-corrected chi connectivity index (χ0v) is 13.4. The number of nitrogens with one attached hydrogen (secondary N) is 1. The molecule has 2 heterocycles. The maximum atomic E-state index is 14.2. The van der Waals surface area contributed by atoms with Gasteiger partial charge in [0.1, 0.15) is 11.8 Å². The molecule has 9 heteroatoms. The number of carbonyl (C=O) groups excluding carboxylic acids is 1. The minimum absolute atomic E-state index is 0.0284. The summed E-state index contributed by atoms with van der Waals surface area (Å²) in [7, 11) is 0. The van der Waals surface area contributed by atoms with Gasteiger partial charge in [-0.15, -0.1) is 0 Å². The highest BCUT2D eigenvalue weighted by atomic mass is 19.2. The Morgan fingerprint density at radius 2 is 2.19 bits per heavy atom. The zero-order valence-electron chi connectivity index (χ0n) is 13.4. The highest BCUT2D eigenvalue weighted by Crippen LogP contribution is 2.30. The minimum Gasteiger partial charge on any atom is -0.465 e. The third-order valence-corrected chi connectivity index (χ3v) is 3.72. The number of pyridine rings is 1. The second-order valence-corrected chi connectivity index (χ2v) is 5.48. The largest absolute Gasteiger partial charge is 0.465 e. The van der Waals surface area contributed by atoms with Gasteiger partial charge >= 0.3 is 0 Å². The molecule has 1 aliphatic heterocycles. The van der Waals surface area contributed by atoms with Gasteiger partial charge in [0.15, 0.2) is 11.6 Å². The lowest BCUT2D eigenvalue weighted by Gasteiger charge is -2.20. The van der Waals surface area contributed by atoms with Crippen molar-refractivity contribution in [3.05, 3.63) is 58.9 Å². The summed E-state index contributed by atoms with van der Waals surface area (Å²) in [5.74, 6) is -2.80. The van der Waals surface area contributed by atoms with Crippen LogP contribution in [0.2, 0.25) is 0 Å². The summed E-state index contributed by atoms with van der Waals surface area (Å²) in [6.45, 7) is 0.229. The summed E-state index contributed by atoms with van der Waals surface area (Å²) in [4.78, 5) is 20.0. The van der Waals surface area contributed by atoms with E-state index < -0.39 is 23.6 Å². The molecule has 1 unspecified atom stereocenters. The molecule has 0 saturated carbocycles. The molecular weight excluding hydrogens is 344 g/mol. The summed E-state index contributed by atoms with van der Waals surface area (Å²) in [6, 6.07) is 6.03. The fourth-order valence-electron chi connectivity index (χ4n) is 2.47. The quantitative estimate of drug-likeness (QED) is 0.875. The average molecular weight is 357 g/mol. The lowest BCUT2D eigenvalue weighted by atomic mass is 10.0. The molecule has 1 aromatic carbocycles. The molecule has 0 spiro atoms. The monoisotopic (exact) mass is 357 g/mol. The number of ether oxygens (including phenoxy) is 1. The third kappa shape index (κ3) is 3.59. The summed E-state index contributed by atoms with van der Waals surface area (Å²) >= 11 is 0. The van der Waals surface area contributed by atoms with Crippen LogP contribution in [0.25, 0.3) is 0 Å². The summed E-state index contributed by atoms with van der Waals surface area (Å²) in [5.41, 5.74) is 5.83. The SMILES string of the molecule is N#Cc1ccc(C(=O)Nc2cc(F)c(F)c(C3CCOC(N)=N3)c2)nc1. The number of halogens is 2. The Morgan fingerprint density at radius 3 is 2.85 bits per heavy atom. The van der Waals surface area contributed by atoms with Crippen LogP contribution >= 0.6 is 0 Å². The number of amides is 1. The van der Waals surface area contributed by atoms with Crippen molar-refractivity contribution in [1.82, 2.24) is 4.98 Å². The van der Waals surface area contributed by atoms with Gasteiger partial charge in [0, 0.05) is 29.9 Å². The summed E-state index contributed by atoms with van der Waals surface area (Å²) in [5, 5.41) is 11.2. The number of nitrogens with zero attached hydrogens (tertiary/aromatic N) is 3. The van der Waals surface area contributed by atoms with E-state index in [-0.39, 0.29) is 29.6 Å². The Balaban J connectivity index is 1.87. The second-order valence-electron chi connectivity index (χ2n) is 5.48. The number of benzene rings is 1. The van der Waals surface area contributed by atoms with Gasteiger partial charge in [0.05, 0.1) is 18.2 Å². The zero-order chi connectivity index (χ0) is 18.7. The Labute approximate surface area is 147 Å². The molecule has 1 aliphatic rings. The number of amidine groups is 1. The van der Waals surface area contributed by atoms with Crippen molar-refractivity contribution in [2.45, 2.75) is 12.5 Å². The number of rotatable bonds is 3. The standard InChI is InChI=1S/C17H13F2N5O2/c18-12-6-10(23-16(25)14-2-1-9(7-20)8-22-14)5-11(15(12)19)13-3-4-26-17(21)24-13/h1-2,5-6,8,13H,3-4H2,(H2,21,24)(H,23,25). The van der Waals surface area contributed by atoms with Gasteiger partial charge in [0.2, 0.25) is 0 Å². The van der Waals surface area contributed by atoms with Crippen LogP contribution in [0.5, 0.6) is 0 Å². The molecule has 1 amide bonds. The van der Waals surface area contributed by atoms with Crippen molar-refractivity contribution < 1.29 is 18.3 Å². The maximum absolute atomic E-state index is 14.2. The van der Waals surface area contributed by atoms with E-state index in [0.29, 0.717) is 12.0 Å². The van der Waals surface area contributed by atoms with Crippen LogP contribution in [-0.2, 0) is 4.74 Å². The van der Waals surface area contributed by atoms with E-state index in [1.54, 1.807) is 0 Å². The van der Waals surface area contributed by atoms with Crippen LogP contribution in [0.1, 0.15) is 34.1 Å². The van der Waals surface area contributed by atoms with Crippen LogP contribution in [0.15, 0.2) is 35.5 Å². The number of nitrogens with two attached hydrogens (primary N) is 1. The smallest absolute Gasteiger partial charge is 0.282 e. The Hall–Kier alpha value is -3.54. The average Bonchev–Trinajstić information content (AvgIpc) is 2.64. The molecule has 0 saturated heterocycles. The van der Waals surface area contributed by atoms with Gasteiger partial charge in [-0.25, -0.2) is 18.8 Å². The van der Waals surface area contributed by atoms with Crippen molar-refractivity contribution in [1.29, 1.82) is 5.26 Å². The highest BCUT2D eigenvalue weighted by molar-refractivity contribution is 6.02. The molecular formula is C17H13F2N5O2. The van der Waals surface area contributed by atoms with Crippen LogP contribution < -0.4 is 11.1 Å². The minimum atomic E-state index is -1.12. The molecule has 0 radical (unpaired) electrons. The number of aliphatic imine (C=N–C) groups is 1. The van der Waals surface area contributed by atoms with E-state index in [0.717, 1.165) is 6.07 Å². The van der Waals surface area contributed by atoms with Crippen LogP contribution in [-0.4, -0.2) is 23.5 Å². The van der Waals surface area contributed by atoms with Crippen molar-refractivity contribution in [2.75, 3.05) is 11.9 Å². The van der Waals surface area contributed by atoms with E-state index >= 15 is 0 Å². The molecule has 0 aliphatic carbocycles. The van der Waals surface area contributed by atoms with E-state index in [1.165, 1.54) is 24.4 Å². The summed E-state index contributed by atoms with van der Waals surface area (Å²) < 4.78 is 33.1. The number of anilines is 1. The molecule has 3 N–H and O–H groups in total. The molecule has 0 bridgehead atoms. The summed E-state index contributed by atoms with van der Waals surface area (Å²) in [6.07, 6.45) is 1.57. The Bertz CT molecular complexity index is 922. The maximum Gasteiger partial charge on any atom is 0.282 e. The van der Waals surface area contributed by atoms with E-state index in [4.69, 9.17) is 15.7 Å². The third-order valence-electron chi connectivity index (χ3n) is 3.72. The number of nitriles is 1. The fourth-order valence-corrected chi connectivity index (χ4v) is 2.47. The highest BCUT2D eigenvalue weighted by Gasteiger charge is 2.23. The van der Waals surface area contributed by atoms with Crippen LogP contribution in [0.3, 0.4) is 0 Å². The molecule has 7 nitrogen and oxygen atoms in total. The molecule has 1 atom stereocenters. The van der Waals surface area contributed by atoms with Crippen LogP contribution in [0.4, 0.5) is 14.5 Å². The molecule has 1 aromatic heterocycles. The van der Waals surface area contributed by atoms with Crippen molar-refractivity contribution >= 4 is 17.6 Å². The van der Waals surface area contributed by atoms with Crippen molar-refractivity contribution in [3.8, 4) is 6.07 Å². The van der Waals surface area contributed by atoms with Crippen molar-refractivity contribution in [3.63, 3.8) is 0 Å². The van der Waals surface area contributed by atoms with Gasteiger partial charge in [-0.1, -0.05) is 0 Å². The molecule has 2 aromatic rings. The molecule has 132 valence electrons. The number of hydrogen-bond acceptors (Lipinski definition) is 6. The lowest BCUT2D eigenvalue weighted by Crippen LogP contribution is -2.24. The van der Waals surface area contributed by atoms with Gasteiger partial charge in [0.25, 0.3) is 11.9 Å². The first-order valence-electron chi connectivity index (χ1n) is 7.60. The topological polar surface area (TPSA) is 113 Å². The van der Waals surface area contributed by atoms with Gasteiger partial charge < -0.3 is 15.8 Å². The number of hydrogen-bond donors (Lipinski definition) is 2. The fraction of sp³-hybridized carbons (Fsp3) is 0.176. The van der Waals surface area contributed by atoms with Crippen molar-refractivity contribution in [2.24, 2.45) is 10.7 Å². The Kier molecular flexibility index (Phi) is 4.75. The van der Waals surface area contributed by atoms with Gasteiger partial charge in [-0.3, -0.25) is 4.79 Å². The molecule has 26 heavy (non-hydrogen) atoms. The second kappa shape index (κ2) is 7.14. The normalized spacial score (nSPS) is 16.2. The van der Waals surface area contributed by atoms with E-state index in [1.807, 2.05) is 6.07 Å². The Morgan fingerprint density at radius 1 is 1.38 bits per heavy atom. The first-order chi connectivity index (χ1) is 12.5. The lowest BCUT2D eigenvalue weighted by molar-refractivity contribution is 0.102. The predicted octanol–water partition coefficient (Wildman–Crippen LogP) is 2.26. The van der Waals surface area contributed by atoms with Gasteiger partial charge in [-0.2, -0.15) is 5.26 Å². The first-order valence-corrected chi connectivity index (χ1v) is 7.60. The predicted molar refractivity (Wildman–Crippen MR) is 88.2 cm³/mol. The number of aromatic nitrogens is 1. The molecule has 3 rings (SSSR count). The van der Waals surface area contributed by atoms with E-state index in [2.05, 4.69) is 15.3 Å². The first kappa shape index (κ1) is 17.3. The van der Waals surface area contributed by atoms with Gasteiger partial charge in [-0.05, 0) is 18.2 Å². The number of carbonyl (C=O) groups is 1. The molecule has 0 fully saturated rings.